The van der Waals surface area contributed by atoms with E-state index in [1.165, 1.54) is 12.1 Å². The van der Waals surface area contributed by atoms with Gasteiger partial charge in [-0.2, -0.15) is 5.10 Å². The van der Waals surface area contributed by atoms with Gasteiger partial charge in [0.25, 0.3) is 0 Å². The summed E-state index contributed by atoms with van der Waals surface area (Å²) in [6.45, 7) is 4.90. The zero-order valence-electron chi connectivity index (χ0n) is 18.4. The molecule has 5 rings (SSSR count). The number of nitrogens with one attached hydrogen (secondary N) is 1. The Morgan fingerprint density at radius 3 is 2.73 bits per heavy atom. The number of nitrogens with zero attached hydrogens (tertiary/aromatic N) is 3. The Kier molecular flexibility index (Phi) is 5.42. The third-order valence-corrected chi connectivity index (χ3v) is 5.71. The van der Waals surface area contributed by atoms with Crippen molar-refractivity contribution in [3.8, 4) is 22.8 Å². The first-order chi connectivity index (χ1) is 16.0. The van der Waals surface area contributed by atoms with E-state index in [9.17, 15) is 9.18 Å². The van der Waals surface area contributed by atoms with E-state index in [1.54, 1.807) is 28.8 Å². The van der Waals surface area contributed by atoms with Gasteiger partial charge in [-0.1, -0.05) is 12.1 Å². The molecule has 0 bridgehead atoms. The summed E-state index contributed by atoms with van der Waals surface area (Å²) < 4.78 is 26.5. The maximum atomic E-state index is 13.6. The number of rotatable bonds is 5. The Morgan fingerprint density at radius 1 is 1.09 bits per heavy atom. The van der Waals surface area contributed by atoms with Gasteiger partial charge in [0.2, 0.25) is 5.91 Å². The normalized spacial score (nSPS) is 12.7. The molecule has 2 aromatic heterocycles. The highest BCUT2D eigenvalue weighted by Gasteiger charge is 2.16. The van der Waals surface area contributed by atoms with Gasteiger partial charge < -0.3 is 14.8 Å². The number of benzene rings is 2. The Hall–Kier alpha value is -3.94. The maximum Gasteiger partial charge on any atom is 0.224 e. The average Bonchev–Trinajstić information content (AvgIpc) is 3.23. The summed E-state index contributed by atoms with van der Waals surface area (Å²) in [5.74, 6) is 0.900. The SMILES string of the molecule is Cc1nc2cc(-c3cccc(F)c3)nn2c(C)c1CCC(=O)Nc1ccc2c(c1)OCCO2. The van der Waals surface area contributed by atoms with Gasteiger partial charge in [0.05, 0.1) is 5.69 Å². The van der Waals surface area contributed by atoms with E-state index < -0.39 is 0 Å². The zero-order valence-corrected chi connectivity index (χ0v) is 18.4. The van der Waals surface area contributed by atoms with Crippen molar-refractivity contribution in [1.29, 1.82) is 0 Å². The first kappa shape index (κ1) is 20.9. The highest BCUT2D eigenvalue weighted by atomic mass is 19.1. The molecule has 0 atom stereocenters. The topological polar surface area (TPSA) is 77.8 Å². The van der Waals surface area contributed by atoms with Crippen LogP contribution in [-0.4, -0.2) is 33.7 Å². The van der Waals surface area contributed by atoms with Crippen LogP contribution in [0.15, 0.2) is 48.5 Å². The van der Waals surface area contributed by atoms with Crippen molar-refractivity contribution in [2.75, 3.05) is 18.5 Å². The number of halogens is 1. The van der Waals surface area contributed by atoms with E-state index in [-0.39, 0.29) is 11.7 Å². The van der Waals surface area contributed by atoms with E-state index in [0.717, 1.165) is 17.0 Å². The van der Waals surface area contributed by atoms with Crippen molar-refractivity contribution < 1.29 is 18.7 Å². The third-order valence-electron chi connectivity index (χ3n) is 5.71. The second-order valence-electron chi connectivity index (χ2n) is 7.98. The van der Waals surface area contributed by atoms with Gasteiger partial charge >= 0.3 is 0 Å². The number of ether oxygens (including phenoxy) is 2. The molecule has 1 N–H and O–H groups in total. The second-order valence-corrected chi connectivity index (χ2v) is 7.98. The Labute approximate surface area is 190 Å². The average molecular weight is 446 g/mol. The molecule has 0 saturated heterocycles. The van der Waals surface area contributed by atoms with Crippen LogP contribution in [0.2, 0.25) is 0 Å². The molecule has 0 aliphatic carbocycles. The van der Waals surface area contributed by atoms with Gasteiger partial charge in [0.1, 0.15) is 19.0 Å². The van der Waals surface area contributed by atoms with E-state index in [2.05, 4.69) is 15.4 Å². The lowest BCUT2D eigenvalue weighted by atomic mass is 10.1. The van der Waals surface area contributed by atoms with Gasteiger partial charge in [0.15, 0.2) is 17.1 Å². The molecule has 2 aromatic carbocycles. The van der Waals surface area contributed by atoms with Gasteiger partial charge in [-0.15, -0.1) is 0 Å². The number of amides is 1. The summed E-state index contributed by atoms with van der Waals surface area (Å²) in [7, 11) is 0. The Morgan fingerprint density at radius 2 is 1.91 bits per heavy atom. The summed E-state index contributed by atoms with van der Waals surface area (Å²) >= 11 is 0. The van der Waals surface area contributed by atoms with Crippen LogP contribution >= 0.6 is 0 Å². The van der Waals surface area contributed by atoms with E-state index in [1.807, 2.05) is 26.0 Å². The van der Waals surface area contributed by atoms with Crippen LogP contribution in [0.25, 0.3) is 16.9 Å². The lowest BCUT2D eigenvalue weighted by molar-refractivity contribution is -0.116. The summed E-state index contributed by atoms with van der Waals surface area (Å²) in [5.41, 5.74) is 5.42. The number of hydrogen-bond acceptors (Lipinski definition) is 5. The molecule has 33 heavy (non-hydrogen) atoms. The zero-order chi connectivity index (χ0) is 22.9. The van der Waals surface area contributed by atoms with Gasteiger partial charge in [0, 0.05) is 41.2 Å². The molecule has 1 aliphatic rings. The predicted molar refractivity (Wildman–Crippen MR) is 122 cm³/mol. The van der Waals surface area contributed by atoms with Crippen molar-refractivity contribution >= 4 is 17.2 Å². The number of hydrogen-bond donors (Lipinski definition) is 1. The smallest absolute Gasteiger partial charge is 0.224 e. The van der Waals surface area contributed by atoms with Gasteiger partial charge in [-0.05, 0) is 50.1 Å². The van der Waals surface area contributed by atoms with Crippen molar-refractivity contribution in [3.63, 3.8) is 0 Å². The monoisotopic (exact) mass is 446 g/mol. The molecular formula is C25H23FN4O3. The summed E-state index contributed by atoms with van der Waals surface area (Å²) in [6, 6.07) is 13.5. The highest BCUT2D eigenvalue weighted by molar-refractivity contribution is 5.91. The van der Waals surface area contributed by atoms with Crippen LogP contribution in [0, 0.1) is 19.7 Å². The van der Waals surface area contributed by atoms with Crippen LogP contribution in [0.4, 0.5) is 10.1 Å². The van der Waals surface area contributed by atoms with E-state index in [0.29, 0.717) is 60.1 Å². The van der Waals surface area contributed by atoms with E-state index >= 15 is 0 Å². The Balaban J connectivity index is 1.33. The molecule has 0 fully saturated rings. The van der Waals surface area contributed by atoms with Crippen molar-refractivity contribution in [3.05, 3.63) is 71.3 Å². The number of aryl methyl sites for hydroxylation is 2. The molecule has 168 valence electrons. The van der Waals surface area contributed by atoms with Crippen LogP contribution in [0.3, 0.4) is 0 Å². The fourth-order valence-electron chi connectivity index (χ4n) is 4.06. The molecule has 4 aromatic rings. The molecular weight excluding hydrogens is 423 g/mol. The van der Waals surface area contributed by atoms with Crippen molar-refractivity contribution in [2.45, 2.75) is 26.7 Å². The number of aromatic nitrogens is 3. The fourth-order valence-corrected chi connectivity index (χ4v) is 4.06. The minimum atomic E-state index is -0.310. The number of carbonyl (C=O) groups excluding carboxylic acids is 1. The molecule has 8 heteroatoms. The van der Waals surface area contributed by atoms with Crippen LogP contribution in [-0.2, 0) is 11.2 Å². The molecule has 0 saturated carbocycles. The van der Waals surface area contributed by atoms with Crippen LogP contribution in [0.5, 0.6) is 11.5 Å². The minimum absolute atomic E-state index is 0.105. The van der Waals surface area contributed by atoms with Crippen LogP contribution in [0.1, 0.15) is 23.4 Å². The fraction of sp³-hybridized carbons (Fsp3) is 0.240. The third kappa shape index (κ3) is 4.24. The lowest BCUT2D eigenvalue weighted by Gasteiger charge is -2.19. The molecule has 0 spiro atoms. The van der Waals surface area contributed by atoms with Crippen molar-refractivity contribution in [2.24, 2.45) is 0 Å². The number of carbonyl (C=O) groups is 1. The molecule has 0 radical (unpaired) electrons. The van der Waals surface area contributed by atoms with Gasteiger partial charge in [-0.25, -0.2) is 13.9 Å². The molecule has 1 amide bonds. The van der Waals surface area contributed by atoms with Gasteiger partial charge in [-0.3, -0.25) is 4.79 Å². The summed E-state index contributed by atoms with van der Waals surface area (Å²) in [4.78, 5) is 17.3. The molecule has 1 aliphatic heterocycles. The highest BCUT2D eigenvalue weighted by Crippen LogP contribution is 2.32. The number of fused-ring (bicyclic) bond motifs is 2. The van der Waals surface area contributed by atoms with Crippen LogP contribution < -0.4 is 14.8 Å². The first-order valence-corrected chi connectivity index (χ1v) is 10.8. The Bertz CT molecular complexity index is 1370. The van der Waals surface area contributed by atoms with Crippen molar-refractivity contribution in [1.82, 2.24) is 14.6 Å². The molecule has 0 unspecified atom stereocenters. The van der Waals surface area contributed by atoms with E-state index in [4.69, 9.17) is 9.47 Å². The minimum Gasteiger partial charge on any atom is -0.486 e. The lowest BCUT2D eigenvalue weighted by Crippen LogP contribution is -2.17. The maximum absolute atomic E-state index is 13.6. The molecule has 7 nitrogen and oxygen atoms in total. The quantitative estimate of drug-likeness (QED) is 0.489. The second kappa shape index (κ2) is 8.54. The number of anilines is 1. The predicted octanol–water partition coefficient (Wildman–Crippen LogP) is 4.49. The largest absolute Gasteiger partial charge is 0.486 e. The summed E-state index contributed by atoms with van der Waals surface area (Å²) in [6.07, 6.45) is 0.813. The first-order valence-electron chi connectivity index (χ1n) is 10.8. The molecule has 3 heterocycles. The summed E-state index contributed by atoms with van der Waals surface area (Å²) in [5, 5.41) is 7.54. The standard InChI is InChI=1S/C25H23FN4O3/c1-15-20(7-9-25(31)28-19-6-8-22-23(13-19)33-11-10-32-22)16(2)30-24(27-15)14-21(29-30)17-4-3-5-18(26)12-17/h3-6,8,12-14H,7,9-11H2,1-2H3,(H,28,31).